The average Bonchev–Trinajstić information content (AvgIpc) is 3.18. The molecule has 4 N–H and O–H groups in total. The van der Waals surface area contributed by atoms with Crippen LogP contribution in [0.5, 0.6) is 0 Å². The van der Waals surface area contributed by atoms with Gasteiger partial charge in [-0.1, -0.05) is 271 Å². The van der Waals surface area contributed by atoms with Crippen molar-refractivity contribution in [3.63, 3.8) is 0 Å². The third kappa shape index (κ3) is 46.5. The fourth-order valence-electron chi connectivity index (χ4n) is 8.23. The molecule has 0 aromatic carbocycles. The summed E-state index contributed by atoms with van der Waals surface area (Å²) in [4.78, 5) is 31.0. The first-order chi connectivity index (χ1) is 27.8. The van der Waals surface area contributed by atoms with Crippen LogP contribution in [0, 0.1) is 0 Å². The van der Waals surface area contributed by atoms with Crippen molar-refractivity contribution in [3.8, 4) is 0 Å². The maximum atomic E-state index is 12.6. The van der Waals surface area contributed by atoms with Gasteiger partial charge in [0.05, 0.1) is 18.8 Å². The van der Waals surface area contributed by atoms with E-state index in [9.17, 15) is 24.3 Å². The molecule has 0 radical (unpaired) electrons. The van der Waals surface area contributed by atoms with Gasteiger partial charge in [0.25, 0.3) is 0 Å². The third-order valence-corrected chi connectivity index (χ3v) is 12.6. The second kappa shape index (κ2) is 45.1. The lowest BCUT2D eigenvalue weighted by atomic mass is 10.0. The number of phosphoric ester groups is 1. The number of hydrogen-bond donors (Lipinski definition) is 4. The van der Waals surface area contributed by atoms with Crippen LogP contribution in [0.15, 0.2) is 0 Å². The molecule has 342 valence electrons. The van der Waals surface area contributed by atoms with Crippen LogP contribution in [0.2, 0.25) is 0 Å². The first kappa shape index (κ1) is 56.5. The fourth-order valence-corrected chi connectivity index (χ4v) is 8.59. The molecule has 0 aliphatic heterocycles. The maximum Gasteiger partial charge on any atom is 0.469 e. The Balaban J connectivity index is 3.62. The molecule has 0 heterocycles. The zero-order chi connectivity index (χ0) is 41.8. The second-order valence-corrected chi connectivity index (χ2v) is 19.1. The molecule has 0 aromatic heterocycles. The molecular formula is C49H100NO6P. The van der Waals surface area contributed by atoms with Crippen LogP contribution < -0.4 is 5.32 Å². The Morgan fingerprint density at radius 2 is 0.684 bits per heavy atom. The van der Waals surface area contributed by atoms with Crippen LogP contribution in [0.1, 0.15) is 290 Å². The zero-order valence-electron chi connectivity index (χ0n) is 38.3. The van der Waals surface area contributed by atoms with Gasteiger partial charge in [0.2, 0.25) is 5.91 Å². The van der Waals surface area contributed by atoms with Gasteiger partial charge in [-0.2, -0.15) is 0 Å². The van der Waals surface area contributed by atoms with Crippen LogP contribution in [0.4, 0.5) is 0 Å². The summed E-state index contributed by atoms with van der Waals surface area (Å²) in [5.41, 5.74) is 0. The molecule has 0 spiro atoms. The Labute approximate surface area is 355 Å². The Kier molecular flexibility index (Phi) is 44.7. The summed E-state index contributed by atoms with van der Waals surface area (Å²) >= 11 is 0. The molecule has 0 saturated carbocycles. The van der Waals surface area contributed by atoms with E-state index in [2.05, 4.69) is 23.7 Å². The molecule has 0 aliphatic rings. The van der Waals surface area contributed by atoms with Crippen molar-refractivity contribution in [2.75, 3.05) is 6.61 Å². The average molecular weight is 830 g/mol. The number of nitrogens with one attached hydrogen (secondary N) is 1. The summed E-state index contributed by atoms with van der Waals surface area (Å²) in [6.07, 6.45) is 54.2. The van der Waals surface area contributed by atoms with Gasteiger partial charge in [0.1, 0.15) is 0 Å². The molecular weight excluding hydrogens is 730 g/mol. The highest BCUT2D eigenvalue weighted by Gasteiger charge is 2.25. The summed E-state index contributed by atoms with van der Waals surface area (Å²) in [6.45, 7) is 4.14. The third-order valence-electron chi connectivity index (χ3n) is 12.1. The number of rotatable bonds is 48. The van der Waals surface area contributed by atoms with Crippen LogP contribution in [0.3, 0.4) is 0 Å². The molecule has 8 heteroatoms. The normalized spacial score (nSPS) is 13.0. The number of phosphoric acid groups is 1. The molecule has 0 aliphatic carbocycles. The predicted molar refractivity (Wildman–Crippen MR) is 246 cm³/mol. The topological polar surface area (TPSA) is 116 Å². The lowest BCUT2D eigenvalue weighted by molar-refractivity contribution is -0.123. The molecule has 7 nitrogen and oxygen atoms in total. The van der Waals surface area contributed by atoms with E-state index in [1.165, 1.54) is 225 Å². The molecule has 0 saturated heterocycles. The highest BCUT2D eigenvalue weighted by Crippen LogP contribution is 2.36. The molecule has 0 aromatic rings. The van der Waals surface area contributed by atoms with Crippen molar-refractivity contribution < 1.29 is 28.8 Å². The van der Waals surface area contributed by atoms with Crippen molar-refractivity contribution in [2.45, 2.75) is 302 Å². The number of aliphatic hydroxyl groups excluding tert-OH is 1. The van der Waals surface area contributed by atoms with Crippen molar-refractivity contribution in [2.24, 2.45) is 0 Å². The van der Waals surface area contributed by atoms with Crippen molar-refractivity contribution in [3.05, 3.63) is 0 Å². The Bertz CT molecular complexity index is 854. The van der Waals surface area contributed by atoms with Gasteiger partial charge in [0, 0.05) is 6.42 Å². The number of amides is 1. The van der Waals surface area contributed by atoms with E-state index < -0.39 is 26.6 Å². The number of unbranched alkanes of at least 4 members (excludes halogenated alkanes) is 39. The lowest BCUT2D eigenvalue weighted by Gasteiger charge is -2.24. The molecule has 0 rings (SSSR count). The molecule has 0 bridgehead atoms. The van der Waals surface area contributed by atoms with E-state index in [-0.39, 0.29) is 5.91 Å². The van der Waals surface area contributed by atoms with E-state index in [0.29, 0.717) is 12.8 Å². The summed E-state index contributed by atoms with van der Waals surface area (Å²) in [5.74, 6) is -0.187. The SMILES string of the molecule is CCCCCCCCCCCCCCCCCCCCCCCCCCCCCCCCC(=O)N[C@@H](COP(=O)(O)O)[C@H](O)CCCCCCCCCCCCC. The van der Waals surface area contributed by atoms with Gasteiger partial charge in [0.15, 0.2) is 0 Å². The number of hydrogen-bond acceptors (Lipinski definition) is 4. The van der Waals surface area contributed by atoms with Gasteiger partial charge in [-0.05, 0) is 12.8 Å². The minimum absolute atomic E-state index is 0.187. The Morgan fingerprint density at radius 1 is 0.439 bits per heavy atom. The highest BCUT2D eigenvalue weighted by molar-refractivity contribution is 7.46. The lowest BCUT2D eigenvalue weighted by Crippen LogP contribution is -2.46. The molecule has 0 unspecified atom stereocenters. The standard InChI is InChI=1S/C49H100NO6P/c1-3-5-7-9-11-13-15-16-17-18-19-20-21-22-23-24-25-26-27-28-29-30-31-32-33-35-37-39-41-43-45-49(52)50-47(46-56-57(53,54)55)48(51)44-42-40-38-36-34-14-12-10-8-6-4-2/h47-48,51H,3-46H2,1-2H3,(H,50,52)(H2,53,54,55)/t47-,48+/m0/s1. The van der Waals surface area contributed by atoms with Gasteiger partial charge in [-0.25, -0.2) is 4.57 Å². The van der Waals surface area contributed by atoms with E-state index in [4.69, 9.17) is 0 Å². The summed E-state index contributed by atoms with van der Waals surface area (Å²) in [7, 11) is -4.69. The molecule has 1 amide bonds. The van der Waals surface area contributed by atoms with Gasteiger partial charge in [-0.15, -0.1) is 0 Å². The smallest absolute Gasteiger partial charge is 0.391 e. The number of aliphatic hydroxyl groups is 1. The van der Waals surface area contributed by atoms with E-state index in [0.717, 1.165) is 38.5 Å². The van der Waals surface area contributed by atoms with Crippen LogP contribution >= 0.6 is 7.82 Å². The summed E-state index contributed by atoms with van der Waals surface area (Å²) in [6, 6.07) is -0.818. The van der Waals surface area contributed by atoms with E-state index in [1.54, 1.807) is 0 Å². The van der Waals surface area contributed by atoms with E-state index >= 15 is 0 Å². The van der Waals surface area contributed by atoms with E-state index in [1.807, 2.05) is 0 Å². The maximum absolute atomic E-state index is 12.6. The van der Waals surface area contributed by atoms with Crippen molar-refractivity contribution in [1.82, 2.24) is 5.32 Å². The zero-order valence-corrected chi connectivity index (χ0v) is 39.2. The largest absolute Gasteiger partial charge is 0.469 e. The van der Waals surface area contributed by atoms with Crippen LogP contribution in [0.25, 0.3) is 0 Å². The fraction of sp³-hybridized carbons (Fsp3) is 0.980. The molecule has 0 fully saturated rings. The monoisotopic (exact) mass is 830 g/mol. The van der Waals surface area contributed by atoms with Crippen LogP contribution in [-0.2, 0) is 13.9 Å². The minimum atomic E-state index is -4.69. The first-order valence-corrected chi connectivity index (χ1v) is 27.0. The minimum Gasteiger partial charge on any atom is -0.391 e. The predicted octanol–water partition coefficient (Wildman–Crippen LogP) is 15.8. The Hall–Kier alpha value is -0.460. The van der Waals surface area contributed by atoms with Gasteiger partial charge in [-0.3, -0.25) is 9.32 Å². The first-order valence-electron chi connectivity index (χ1n) is 25.5. The van der Waals surface area contributed by atoms with Gasteiger partial charge >= 0.3 is 7.82 Å². The summed E-state index contributed by atoms with van der Waals surface area (Å²) in [5, 5.41) is 13.5. The van der Waals surface area contributed by atoms with Gasteiger partial charge < -0.3 is 20.2 Å². The van der Waals surface area contributed by atoms with Crippen molar-refractivity contribution >= 4 is 13.7 Å². The van der Waals surface area contributed by atoms with Crippen molar-refractivity contribution in [1.29, 1.82) is 0 Å². The van der Waals surface area contributed by atoms with Crippen LogP contribution in [-0.4, -0.2) is 39.6 Å². The number of carbonyl (C=O) groups is 1. The second-order valence-electron chi connectivity index (χ2n) is 17.9. The molecule has 2 atom stereocenters. The molecule has 57 heavy (non-hydrogen) atoms. The highest BCUT2D eigenvalue weighted by atomic mass is 31.2. The number of carbonyl (C=O) groups excluding carboxylic acids is 1. The summed E-state index contributed by atoms with van der Waals surface area (Å²) < 4.78 is 16.0. The quantitative estimate of drug-likeness (QED) is 0.0358. The Morgan fingerprint density at radius 3 is 0.947 bits per heavy atom.